The van der Waals surface area contributed by atoms with Gasteiger partial charge in [-0.3, -0.25) is 4.79 Å². The van der Waals surface area contributed by atoms with E-state index in [1.165, 1.54) is 6.92 Å². The van der Waals surface area contributed by atoms with Crippen LogP contribution < -0.4 is 0 Å². The van der Waals surface area contributed by atoms with Crippen molar-refractivity contribution >= 4 is 26.9 Å². The Balaban J connectivity index is 3.70. The summed E-state index contributed by atoms with van der Waals surface area (Å²) in [5, 5.41) is 0. The molecule has 0 aromatic rings. The molecular formula is C7H16O2SSi. The molecule has 0 radical (unpaired) electrons. The van der Waals surface area contributed by atoms with Gasteiger partial charge in [-0.25, -0.2) is 0 Å². The molecule has 0 aromatic carbocycles. The predicted molar refractivity (Wildman–Crippen MR) is 52.5 cm³/mol. The van der Waals surface area contributed by atoms with Gasteiger partial charge in [-0.1, -0.05) is 0 Å². The summed E-state index contributed by atoms with van der Waals surface area (Å²) in [6.07, 6.45) is 1.04. The topological polar surface area (TPSA) is 26.3 Å². The van der Waals surface area contributed by atoms with Crippen LogP contribution in [0.2, 0.25) is 19.1 Å². The Morgan fingerprint density at radius 2 is 2.09 bits per heavy atom. The molecule has 4 heteroatoms. The van der Waals surface area contributed by atoms with Gasteiger partial charge in [0, 0.05) is 6.92 Å². The SMILES string of the molecule is CC(=O)O[Si](C)(C)CCCS. The second-order valence-electron chi connectivity index (χ2n) is 3.18. The van der Waals surface area contributed by atoms with Crippen molar-refractivity contribution in [2.75, 3.05) is 5.75 Å². The maximum atomic E-state index is 10.6. The number of carbonyl (C=O) groups is 1. The van der Waals surface area contributed by atoms with Crippen LogP contribution in [-0.4, -0.2) is 20.0 Å². The maximum Gasteiger partial charge on any atom is 0.289 e. The average Bonchev–Trinajstić information content (AvgIpc) is 1.81. The highest BCUT2D eigenvalue weighted by molar-refractivity contribution is 7.80. The summed E-state index contributed by atoms with van der Waals surface area (Å²) in [7, 11) is -1.69. The molecule has 0 saturated carbocycles. The zero-order valence-corrected chi connectivity index (χ0v) is 9.28. The van der Waals surface area contributed by atoms with E-state index in [9.17, 15) is 4.79 Å². The fourth-order valence-corrected chi connectivity index (χ4v) is 3.31. The minimum Gasteiger partial charge on any atom is -0.520 e. The molecule has 0 heterocycles. The summed E-state index contributed by atoms with van der Waals surface area (Å²) >= 11 is 4.10. The van der Waals surface area contributed by atoms with E-state index in [1.54, 1.807) is 0 Å². The smallest absolute Gasteiger partial charge is 0.289 e. The molecule has 11 heavy (non-hydrogen) atoms. The van der Waals surface area contributed by atoms with Crippen molar-refractivity contribution in [3.63, 3.8) is 0 Å². The van der Waals surface area contributed by atoms with Crippen molar-refractivity contribution in [3.8, 4) is 0 Å². The van der Waals surface area contributed by atoms with E-state index >= 15 is 0 Å². The molecule has 0 aliphatic rings. The van der Waals surface area contributed by atoms with Gasteiger partial charge in [0.1, 0.15) is 0 Å². The minimum atomic E-state index is -1.69. The lowest BCUT2D eigenvalue weighted by Gasteiger charge is -2.20. The first-order valence-electron chi connectivity index (χ1n) is 3.78. The summed E-state index contributed by atoms with van der Waals surface area (Å²) in [6, 6.07) is 1.01. The molecule has 0 spiro atoms. The van der Waals surface area contributed by atoms with Gasteiger partial charge in [0.05, 0.1) is 0 Å². The van der Waals surface area contributed by atoms with Gasteiger partial charge >= 0.3 is 0 Å². The number of hydrogen-bond acceptors (Lipinski definition) is 3. The van der Waals surface area contributed by atoms with Crippen molar-refractivity contribution in [1.82, 2.24) is 0 Å². The van der Waals surface area contributed by atoms with Crippen LogP contribution in [0.4, 0.5) is 0 Å². The molecule has 2 nitrogen and oxygen atoms in total. The van der Waals surface area contributed by atoms with Crippen molar-refractivity contribution in [1.29, 1.82) is 0 Å². The Morgan fingerprint density at radius 1 is 1.55 bits per heavy atom. The van der Waals surface area contributed by atoms with Crippen LogP contribution in [0, 0.1) is 0 Å². The molecule has 0 fully saturated rings. The van der Waals surface area contributed by atoms with E-state index < -0.39 is 8.32 Å². The zero-order valence-electron chi connectivity index (χ0n) is 7.39. The molecule has 0 aliphatic heterocycles. The fourth-order valence-electron chi connectivity index (χ4n) is 0.945. The molecule has 0 bridgehead atoms. The van der Waals surface area contributed by atoms with Crippen LogP contribution >= 0.6 is 12.6 Å². The number of thiol groups is 1. The molecule has 0 saturated heterocycles. The summed E-state index contributed by atoms with van der Waals surface area (Å²) in [6.45, 7) is 5.57. The van der Waals surface area contributed by atoms with Gasteiger partial charge in [0.2, 0.25) is 8.32 Å². The third-order valence-electron chi connectivity index (χ3n) is 1.36. The summed E-state index contributed by atoms with van der Waals surface area (Å²) < 4.78 is 5.21. The molecule has 0 amide bonds. The minimum absolute atomic E-state index is 0.152. The summed E-state index contributed by atoms with van der Waals surface area (Å²) in [4.78, 5) is 10.6. The first kappa shape index (κ1) is 11.0. The summed E-state index contributed by atoms with van der Waals surface area (Å²) in [5.41, 5.74) is 0. The molecule has 0 unspecified atom stereocenters. The van der Waals surface area contributed by atoms with Gasteiger partial charge in [0.25, 0.3) is 5.97 Å². The van der Waals surface area contributed by atoms with E-state index in [0.29, 0.717) is 0 Å². The second kappa shape index (κ2) is 4.82. The highest BCUT2D eigenvalue weighted by Crippen LogP contribution is 2.13. The average molecular weight is 192 g/mol. The molecular weight excluding hydrogens is 176 g/mol. The fraction of sp³-hybridized carbons (Fsp3) is 0.857. The molecule has 0 atom stereocenters. The molecule has 0 aliphatic carbocycles. The molecule has 0 rings (SSSR count). The zero-order chi connectivity index (χ0) is 8.91. The van der Waals surface area contributed by atoms with Crippen molar-refractivity contribution in [3.05, 3.63) is 0 Å². The van der Waals surface area contributed by atoms with Crippen LogP contribution in [0.3, 0.4) is 0 Å². The van der Waals surface area contributed by atoms with E-state index in [-0.39, 0.29) is 5.97 Å². The third-order valence-corrected chi connectivity index (χ3v) is 4.07. The van der Waals surface area contributed by atoms with Crippen LogP contribution in [0.1, 0.15) is 13.3 Å². The van der Waals surface area contributed by atoms with E-state index in [0.717, 1.165) is 18.2 Å². The number of hydrogen-bond donors (Lipinski definition) is 1. The van der Waals surface area contributed by atoms with Gasteiger partial charge in [-0.05, 0) is 31.3 Å². The highest BCUT2D eigenvalue weighted by atomic mass is 32.1. The van der Waals surface area contributed by atoms with E-state index in [4.69, 9.17) is 4.43 Å². The Hall–Kier alpha value is 0.0369. The lowest BCUT2D eigenvalue weighted by atomic mass is 10.6. The lowest BCUT2D eigenvalue weighted by Crippen LogP contribution is -2.32. The van der Waals surface area contributed by atoms with E-state index in [2.05, 4.69) is 25.7 Å². The quantitative estimate of drug-likeness (QED) is 0.545. The van der Waals surface area contributed by atoms with Crippen molar-refractivity contribution < 1.29 is 9.22 Å². The van der Waals surface area contributed by atoms with Gasteiger partial charge in [-0.2, -0.15) is 12.6 Å². The largest absolute Gasteiger partial charge is 0.520 e. The van der Waals surface area contributed by atoms with Crippen molar-refractivity contribution in [2.45, 2.75) is 32.5 Å². The Bertz CT molecular complexity index is 136. The number of carbonyl (C=O) groups excluding carboxylic acids is 1. The maximum absolute atomic E-state index is 10.6. The Kier molecular flexibility index (Phi) is 4.84. The predicted octanol–water partition coefficient (Wildman–Crippen LogP) is 2.07. The number of rotatable bonds is 4. The lowest BCUT2D eigenvalue weighted by molar-refractivity contribution is -0.132. The third kappa shape index (κ3) is 6.44. The molecule has 66 valence electrons. The first-order valence-corrected chi connectivity index (χ1v) is 7.53. The molecule has 0 aromatic heterocycles. The van der Waals surface area contributed by atoms with E-state index in [1.807, 2.05) is 0 Å². The monoisotopic (exact) mass is 192 g/mol. The van der Waals surface area contributed by atoms with Crippen LogP contribution in [-0.2, 0) is 9.22 Å². The standard InChI is InChI=1S/C7H16O2SSi/c1-7(8)9-11(2,3)6-4-5-10/h10H,4-6H2,1-3H3. The van der Waals surface area contributed by atoms with Crippen LogP contribution in [0.25, 0.3) is 0 Å². The Labute approximate surface area is 74.9 Å². The summed E-state index contributed by atoms with van der Waals surface area (Å²) in [5.74, 6) is 0.721. The van der Waals surface area contributed by atoms with Gasteiger partial charge in [0.15, 0.2) is 0 Å². The van der Waals surface area contributed by atoms with Gasteiger partial charge < -0.3 is 4.43 Å². The highest BCUT2D eigenvalue weighted by Gasteiger charge is 2.24. The Morgan fingerprint density at radius 3 is 2.45 bits per heavy atom. The first-order chi connectivity index (χ1) is 4.98. The van der Waals surface area contributed by atoms with Crippen LogP contribution in [0.15, 0.2) is 0 Å². The second-order valence-corrected chi connectivity index (χ2v) is 7.85. The molecule has 0 N–H and O–H groups in total. The van der Waals surface area contributed by atoms with Crippen molar-refractivity contribution in [2.24, 2.45) is 0 Å². The normalized spacial score (nSPS) is 11.3. The van der Waals surface area contributed by atoms with Gasteiger partial charge in [-0.15, -0.1) is 0 Å². The van der Waals surface area contributed by atoms with Crippen LogP contribution in [0.5, 0.6) is 0 Å².